The summed E-state index contributed by atoms with van der Waals surface area (Å²) in [7, 11) is 0. The van der Waals surface area contributed by atoms with E-state index in [2.05, 4.69) is 22.2 Å². The van der Waals surface area contributed by atoms with Gasteiger partial charge < -0.3 is 10.3 Å². The molecule has 0 radical (unpaired) electrons. The van der Waals surface area contributed by atoms with Crippen molar-refractivity contribution in [3.8, 4) is 0 Å². The van der Waals surface area contributed by atoms with E-state index < -0.39 is 0 Å². The van der Waals surface area contributed by atoms with Crippen LogP contribution in [0, 0.1) is 0 Å². The fourth-order valence-corrected chi connectivity index (χ4v) is 2.58. The zero-order chi connectivity index (χ0) is 16.1. The van der Waals surface area contributed by atoms with Gasteiger partial charge in [0.25, 0.3) is 5.91 Å². The van der Waals surface area contributed by atoms with Gasteiger partial charge in [-0.05, 0) is 42.7 Å². The number of benzene rings is 2. The molecule has 0 aliphatic heterocycles. The number of nitrogens with one attached hydrogen (secondary N) is 2. The quantitative estimate of drug-likeness (QED) is 0.685. The van der Waals surface area contributed by atoms with Crippen molar-refractivity contribution in [2.45, 2.75) is 26.2 Å². The summed E-state index contributed by atoms with van der Waals surface area (Å²) in [6, 6.07) is 15.8. The summed E-state index contributed by atoms with van der Waals surface area (Å²) in [6.07, 6.45) is 2.67. The van der Waals surface area contributed by atoms with Gasteiger partial charge in [0.15, 0.2) is 0 Å². The molecule has 2 N–H and O–H groups in total. The Hall–Kier alpha value is -2.62. The fourth-order valence-electron chi connectivity index (χ4n) is 2.58. The molecule has 23 heavy (non-hydrogen) atoms. The number of aromatic nitrogens is 2. The van der Waals surface area contributed by atoms with Gasteiger partial charge in [-0.15, -0.1) is 0 Å². The number of para-hydroxylation sites is 2. The van der Waals surface area contributed by atoms with Crippen LogP contribution in [0.25, 0.3) is 11.0 Å². The first-order chi connectivity index (χ1) is 11.3. The number of aryl methyl sites for hydroxylation is 2. The average Bonchev–Trinajstić information content (AvgIpc) is 3.01. The van der Waals surface area contributed by atoms with Gasteiger partial charge >= 0.3 is 0 Å². The summed E-state index contributed by atoms with van der Waals surface area (Å²) in [5.41, 5.74) is 4.00. The van der Waals surface area contributed by atoms with Crippen molar-refractivity contribution in [1.29, 1.82) is 0 Å². The van der Waals surface area contributed by atoms with E-state index in [1.54, 1.807) is 0 Å². The van der Waals surface area contributed by atoms with Crippen molar-refractivity contribution in [3.05, 3.63) is 65.5 Å². The number of amides is 1. The topological polar surface area (TPSA) is 57.8 Å². The van der Waals surface area contributed by atoms with Crippen LogP contribution < -0.4 is 5.32 Å². The number of rotatable bonds is 6. The summed E-state index contributed by atoms with van der Waals surface area (Å²) >= 11 is 0. The Morgan fingerprint density at radius 1 is 1.13 bits per heavy atom. The van der Waals surface area contributed by atoms with E-state index in [0.29, 0.717) is 12.1 Å². The van der Waals surface area contributed by atoms with Gasteiger partial charge in [-0.25, -0.2) is 4.98 Å². The maximum absolute atomic E-state index is 12.1. The molecule has 3 rings (SSSR count). The van der Waals surface area contributed by atoms with Crippen LogP contribution in [0.5, 0.6) is 0 Å². The highest BCUT2D eigenvalue weighted by atomic mass is 16.1. The lowest BCUT2D eigenvalue weighted by molar-refractivity contribution is 0.0953. The number of nitrogens with zero attached hydrogens (tertiary/aromatic N) is 1. The first kappa shape index (κ1) is 15.3. The minimum atomic E-state index is -0.0164. The van der Waals surface area contributed by atoms with Crippen molar-refractivity contribution in [2.75, 3.05) is 6.54 Å². The monoisotopic (exact) mass is 307 g/mol. The van der Waals surface area contributed by atoms with Crippen LogP contribution in [0.3, 0.4) is 0 Å². The standard InChI is InChI=1S/C19H21N3O/c1-2-14-9-11-15(12-10-14)19(23)20-13-5-8-18-21-16-6-3-4-7-17(16)22-18/h3-4,6-7,9-12H,2,5,8,13H2,1H3,(H,20,23)(H,21,22). The normalized spacial score (nSPS) is 10.8. The number of fused-ring (bicyclic) bond motifs is 1. The molecule has 1 aromatic heterocycles. The van der Waals surface area contributed by atoms with E-state index in [9.17, 15) is 4.79 Å². The van der Waals surface area contributed by atoms with E-state index in [1.165, 1.54) is 5.56 Å². The van der Waals surface area contributed by atoms with Crippen molar-refractivity contribution in [3.63, 3.8) is 0 Å². The maximum atomic E-state index is 12.1. The summed E-state index contributed by atoms with van der Waals surface area (Å²) in [5.74, 6) is 0.949. The van der Waals surface area contributed by atoms with Gasteiger partial charge in [-0.1, -0.05) is 31.2 Å². The first-order valence-electron chi connectivity index (χ1n) is 8.07. The number of carbonyl (C=O) groups excluding carboxylic acids is 1. The predicted octanol–water partition coefficient (Wildman–Crippen LogP) is 3.49. The molecule has 1 amide bonds. The molecule has 4 heteroatoms. The fraction of sp³-hybridized carbons (Fsp3) is 0.263. The summed E-state index contributed by atoms with van der Waals surface area (Å²) in [4.78, 5) is 19.9. The Bertz CT molecular complexity index is 757. The smallest absolute Gasteiger partial charge is 0.251 e. The number of imidazole rings is 1. The number of hydrogen-bond donors (Lipinski definition) is 2. The Balaban J connectivity index is 1.47. The molecule has 0 saturated carbocycles. The summed E-state index contributed by atoms with van der Waals surface area (Å²) in [6.45, 7) is 2.75. The second-order valence-electron chi connectivity index (χ2n) is 5.61. The highest BCUT2D eigenvalue weighted by Gasteiger charge is 2.05. The predicted molar refractivity (Wildman–Crippen MR) is 92.6 cm³/mol. The minimum Gasteiger partial charge on any atom is -0.352 e. The van der Waals surface area contributed by atoms with Crippen LogP contribution in [0.1, 0.15) is 35.1 Å². The van der Waals surface area contributed by atoms with Crippen LogP contribution in [-0.4, -0.2) is 22.4 Å². The summed E-state index contributed by atoms with van der Waals surface area (Å²) in [5, 5.41) is 2.96. The van der Waals surface area contributed by atoms with Crippen LogP contribution in [-0.2, 0) is 12.8 Å². The second kappa shape index (κ2) is 7.09. The Kier molecular flexibility index (Phi) is 4.71. The van der Waals surface area contributed by atoms with Crippen LogP contribution >= 0.6 is 0 Å². The summed E-state index contributed by atoms with van der Waals surface area (Å²) < 4.78 is 0. The minimum absolute atomic E-state index is 0.0164. The molecule has 0 aliphatic rings. The molecular formula is C19H21N3O. The average molecular weight is 307 g/mol. The van der Waals surface area contributed by atoms with E-state index in [-0.39, 0.29) is 5.91 Å². The van der Waals surface area contributed by atoms with Crippen LogP contribution in [0.4, 0.5) is 0 Å². The number of H-pyrrole nitrogens is 1. The molecule has 1 heterocycles. The van der Waals surface area contributed by atoms with E-state index in [0.717, 1.165) is 36.1 Å². The van der Waals surface area contributed by atoms with Crippen molar-refractivity contribution in [2.24, 2.45) is 0 Å². The van der Waals surface area contributed by atoms with E-state index >= 15 is 0 Å². The molecule has 0 saturated heterocycles. The molecule has 0 spiro atoms. The largest absolute Gasteiger partial charge is 0.352 e. The molecule has 4 nitrogen and oxygen atoms in total. The zero-order valence-electron chi connectivity index (χ0n) is 13.3. The molecule has 0 bridgehead atoms. The SMILES string of the molecule is CCc1ccc(C(=O)NCCCc2nc3ccccc3[nH]2)cc1. The molecule has 0 atom stereocenters. The highest BCUT2D eigenvalue weighted by Crippen LogP contribution is 2.11. The third kappa shape index (κ3) is 3.77. The molecule has 2 aromatic carbocycles. The Morgan fingerprint density at radius 2 is 1.91 bits per heavy atom. The van der Waals surface area contributed by atoms with Crippen LogP contribution in [0.2, 0.25) is 0 Å². The lowest BCUT2D eigenvalue weighted by Gasteiger charge is -2.05. The molecule has 3 aromatic rings. The molecule has 0 aliphatic carbocycles. The molecule has 0 fully saturated rings. The molecule has 0 unspecified atom stereocenters. The number of aromatic amines is 1. The van der Waals surface area contributed by atoms with Gasteiger partial charge in [0, 0.05) is 18.5 Å². The van der Waals surface area contributed by atoms with Crippen molar-refractivity contribution in [1.82, 2.24) is 15.3 Å². The third-order valence-electron chi connectivity index (χ3n) is 3.94. The Labute approximate surface area is 136 Å². The lowest BCUT2D eigenvalue weighted by Crippen LogP contribution is -2.24. The van der Waals surface area contributed by atoms with Crippen LogP contribution in [0.15, 0.2) is 48.5 Å². The van der Waals surface area contributed by atoms with Gasteiger partial charge in [0.2, 0.25) is 0 Å². The van der Waals surface area contributed by atoms with Crippen molar-refractivity contribution < 1.29 is 4.79 Å². The number of carbonyl (C=O) groups is 1. The Morgan fingerprint density at radius 3 is 2.65 bits per heavy atom. The first-order valence-corrected chi connectivity index (χ1v) is 8.07. The highest BCUT2D eigenvalue weighted by molar-refractivity contribution is 5.94. The lowest BCUT2D eigenvalue weighted by atomic mass is 10.1. The number of hydrogen-bond acceptors (Lipinski definition) is 2. The van der Waals surface area contributed by atoms with E-state index in [1.807, 2.05) is 48.5 Å². The van der Waals surface area contributed by atoms with E-state index in [4.69, 9.17) is 0 Å². The van der Waals surface area contributed by atoms with Gasteiger partial charge in [-0.2, -0.15) is 0 Å². The van der Waals surface area contributed by atoms with Gasteiger partial charge in [0.1, 0.15) is 5.82 Å². The molecule has 118 valence electrons. The third-order valence-corrected chi connectivity index (χ3v) is 3.94. The molecular weight excluding hydrogens is 286 g/mol. The maximum Gasteiger partial charge on any atom is 0.251 e. The second-order valence-corrected chi connectivity index (χ2v) is 5.61. The van der Waals surface area contributed by atoms with Gasteiger partial charge in [-0.3, -0.25) is 4.79 Å². The zero-order valence-corrected chi connectivity index (χ0v) is 13.3. The van der Waals surface area contributed by atoms with Gasteiger partial charge in [0.05, 0.1) is 11.0 Å². The van der Waals surface area contributed by atoms with Crippen molar-refractivity contribution >= 4 is 16.9 Å².